The molecule has 4 N–H and O–H groups in total. The van der Waals surface area contributed by atoms with Crippen molar-refractivity contribution >= 4 is 5.91 Å². The molecule has 0 aliphatic heterocycles. The van der Waals surface area contributed by atoms with Gasteiger partial charge >= 0.3 is 0 Å². The molecule has 0 saturated carbocycles. The van der Waals surface area contributed by atoms with Gasteiger partial charge in [-0.25, -0.2) is 0 Å². The average Bonchev–Trinajstić information content (AvgIpc) is 2.76. The van der Waals surface area contributed by atoms with Crippen LogP contribution in [0, 0.1) is 18.3 Å². The van der Waals surface area contributed by atoms with Gasteiger partial charge in [0.15, 0.2) is 0 Å². The van der Waals surface area contributed by atoms with Crippen molar-refractivity contribution in [3.05, 3.63) is 17.5 Å². The predicted molar refractivity (Wildman–Crippen MR) is 81.3 cm³/mol. The summed E-state index contributed by atoms with van der Waals surface area (Å²) in [7, 11) is 0. The number of aromatic amines is 1. The van der Waals surface area contributed by atoms with Crippen LogP contribution in [-0.2, 0) is 11.2 Å². The van der Waals surface area contributed by atoms with E-state index in [-0.39, 0.29) is 17.2 Å². The van der Waals surface area contributed by atoms with Crippen molar-refractivity contribution in [3.63, 3.8) is 0 Å². The maximum Gasteiger partial charge on any atom is 0.224 e. The van der Waals surface area contributed by atoms with Crippen LogP contribution in [0.5, 0.6) is 0 Å². The summed E-state index contributed by atoms with van der Waals surface area (Å²) in [5.41, 5.74) is 8.14. The number of nitrogens with two attached hydrogens (primary N) is 1. The summed E-state index contributed by atoms with van der Waals surface area (Å²) in [6.45, 7) is 9.49. The van der Waals surface area contributed by atoms with Gasteiger partial charge in [-0.05, 0) is 37.2 Å². The lowest BCUT2D eigenvalue weighted by Gasteiger charge is -2.24. The highest BCUT2D eigenvalue weighted by Crippen LogP contribution is 2.23. The molecule has 0 spiro atoms. The van der Waals surface area contributed by atoms with E-state index in [1.54, 1.807) is 0 Å². The van der Waals surface area contributed by atoms with Crippen LogP contribution in [0.1, 0.15) is 44.9 Å². The Morgan fingerprint density at radius 3 is 2.70 bits per heavy atom. The van der Waals surface area contributed by atoms with Gasteiger partial charge in [-0.3, -0.25) is 9.89 Å². The third-order valence-electron chi connectivity index (χ3n) is 3.37. The van der Waals surface area contributed by atoms with Gasteiger partial charge in [-0.1, -0.05) is 20.8 Å². The van der Waals surface area contributed by atoms with Crippen LogP contribution in [0.2, 0.25) is 0 Å². The van der Waals surface area contributed by atoms with Gasteiger partial charge in [0.25, 0.3) is 0 Å². The molecule has 1 atom stereocenters. The van der Waals surface area contributed by atoms with Crippen LogP contribution >= 0.6 is 0 Å². The van der Waals surface area contributed by atoms with E-state index >= 15 is 0 Å². The molecule has 0 radical (unpaired) electrons. The van der Waals surface area contributed by atoms with Crippen molar-refractivity contribution in [2.45, 2.75) is 47.0 Å². The highest BCUT2D eigenvalue weighted by atomic mass is 16.1. The molecule has 1 amide bonds. The minimum absolute atomic E-state index is 0.0753. The number of carbonyl (C=O) groups is 1. The number of H-pyrrole nitrogens is 1. The standard InChI is InChI=1S/C15H28N4O/c1-11-12(10-18-19-11)6-5-7-17-14(20)13(9-16)8-15(2,3)4/h10,13H,5-9,16H2,1-4H3,(H,17,20)(H,18,19). The average molecular weight is 280 g/mol. The van der Waals surface area contributed by atoms with Crippen LogP contribution in [0.3, 0.4) is 0 Å². The summed E-state index contributed by atoms with van der Waals surface area (Å²) in [4.78, 5) is 12.1. The predicted octanol–water partition coefficient (Wildman–Crippen LogP) is 1.78. The topological polar surface area (TPSA) is 83.8 Å². The van der Waals surface area contributed by atoms with Crippen molar-refractivity contribution in [1.82, 2.24) is 15.5 Å². The van der Waals surface area contributed by atoms with E-state index in [9.17, 15) is 4.79 Å². The van der Waals surface area contributed by atoms with Gasteiger partial charge in [0.1, 0.15) is 0 Å². The summed E-state index contributed by atoms with van der Waals surface area (Å²) in [6, 6.07) is 0. The monoisotopic (exact) mass is 280 g/mol. The number of aromatic nitrogens is 2. The Morgan fingerprint density at radius 1 is 1.50 bits per heavy atom. The van der Waals surface area contributed by atoms with E-state index in [2.05, 4.69) is 36.3 Å². The van der Waals surface area contributed by atoms with Crippen molar-refractivity contribution < 1.29 is 4.79 Å². The Morgan fingerprint density at radius 2 is 2.20 bits per heavy atom. The second-order valence-electron chi connectivity index (χ2n) is 6.61. The van der Waals surface area contributed by atoms with E-state index in [0.717, 1.165) is 25.0 Å². The Labute approximate surface area is 121 Å². The SMILES string of the molecule is Cc1[nH]ncc1CCCNC(=O)C(CN)CC(C)(C)C. The largest absolute Gasteiger partial charge is 0.356 e. The maximum absolute atomic E-state index is 12.1. The van der Waals surface area contributed by atoms with E-state index in [1.807, 2.05) is 13.1 Å². The normalized spacial score (nSPS) is 13.2. The van der Waals surface area contributed by atoms with Crippen LogP contribution in [0.4, 0.5) is 0 Å². The minimum atomic E-state index is -0.0920. The molecule has 0 aliphatic rings. The quantitative estimate of drug-likeness (QED) is 0.666. The summed E-state index contributed by atoms with van der Waals surface area (Å²) < 4.78 is 0. The fourth-order valence-electron chi connectivity index (χ4n) is 2.28. The first-order valence-electron chi connectivity index (χ1n) is 7.30. The molecule has 0 aromatic carbocycles. The number of nitrogens with one attached hydrogen (secondary N) is 2. The molecule has 1 rings (SSSR count). The van der Waals surface area contributed by atoms with E-state index in [1.165, 1.54) is 5.56 Å². The van der Waals surface area contributed by atoms with Crippen LogP contribution in [0.15, 0.2) is 6.20 Å². The van der Waals surface area contributed by atoms with Gasteiger partial charge < -0.3 is 11.1 Å². The molecule has 5 nitrogen and oxygen atoms in total. The van der Waals surface area contributed by atoms with Gasteiger partial charge in [0.2, 0.25) is 5.91 Å². The maximum atomic E-state index is 12.1. The molecular formula is C15H28N4O. The van der Waals surface area contributed by atoms with Crippen LogP contribution < -0.4 is 11.1 Å². The lowest BCUT2D eigenvalue weighted by atomic mass is 9.84. The number of aryl methyl sites for hydroxylation is 2. The zero-order valence-corrected chi connectivity index (χ0v) is 13.1. The first-order valence-corrected chi connectivity index (χ1v) is 7.30. The highest BCUT2D eigenvalue weighted by Gasteiger charge is 2.23. The number of rotatable bonds is 7. The fraction of sp³-hybridized carbons (Fsp3) is 0.733. The van der Waals surface area contributed by atoms with Crippen molar-refractivity contribution in [2.75, 3.05) is 13.1 Å². The zero-order valence-electron chi connectivity index (χ0n) is 13.1. The molecule has 0 saturated heterocycles. The van der Waals surface area contributed by atoms with E-state index < -0.39 is 0 Å². The van der Waals surface area contributed by atoms with E-state index in [4.69, 9.17) is 5.73 Å². The third kappa shape index (κ3) is 5.74. The molecule has 114 valence electrons. The Balaban J connectivity index is 2.30. The summed E-state index contributed by atoms with van der Waals surface area (Å²) in [5, 5.41) is 9.89. The van der Waals surface area contributed by atoms with Gasteiger partial charge in [-0.2, -0.15) is 5.10 Å². The minimum Gasteiger partial charge on any atom is -0.356 e. The van der Waals surface area contributed by atoms with Crippen molar-refractivity contribution in [1.29, 1.82) is 0 Å². The van der Waals surface area contributed by atoms with Crippen LogP contribution in [0.25, 0.3) is 0 Å². The number of hydrogen-bond donors (Lipinski definition) is 3. The first kappa shape index (κ1) is 16.7. The first-order chi connectivity index (χ1) is 9.33. The smallest absolute Gasteiger partial charge is 0.224 e. The van der Waals surface area contributed by atoms with Gasteiger partial charge in [0.05, 0.1) is 12.1 Å². The van der Waals surface area contributed by atoms with Gasteiger partial charge in [-0.15, -0.1) is 0 Å². The Kier molecular flexibility index (Phi) is 6.20. The molecular weight excluding hydrogens is 252 g/mol. The van der Waals surface area contributed by atoms with E-state index in [0.29, 0.717) is 13.1 Å². The number of nitrogens with zero attached hydrogens (tertiary/aromatic N) is 1. The highest BCUT2D eigenvalue weighted by molar-refractivity contribution is 5.78. The third-order valence-corrected chi connectivity index (χ3v) is 3.37. The molecule has 1 unspecified atom stereocenters. The molecule has 1 aromatic rings. The second-order valence-corrected chi connectivity index (χ2v) is 6.61. The molecule has 1 heterocycles. The summed E-state index contributed by atoms with van der Waals surface area (Å²) in [5.74, 6) is -0.0167. The summed E-state index contributed by atoms with van der Waals surface area (Å²) in [6.07, 6.45) is 4.50. The molecule has 20 heavy (non-hydrogen) atoms. The van der Waals surface area contributed by atoms with Gasteiger partial charge in [0, 0.05) is 18.8 Å². The summed E-state index contributed by atoms with van der Waals surface area (Å²) >= 11 is 0. The number of hydrogen-bond acceptors (Lipinski definition) is 3. The van der Waals surface area contributed by atoms with Crippen molar-refractivity contribution in [2.24, 2.45) is 17.1 Å². The molecule has 0 aliphatic carbocycles. The van der Waals surface area contributed by atoms with Crippen molar-refractivity contribution in [3.8, 4) is 0 Å². The van der Waals surface area contributed by atoms with Crippen LogP contribution in [-0.4, -0.2) is 29.2 Å². The lowest BCUT2D eigenvalue weighted by Crippen LogP contribution is -2.37. The number of amides is 1. The number of carbonyl (C=O) groups excluding carboxylic acids is 1. The molecule has 5 heteroatoms. The zero-order chi connectivity index (χ0) is 15.2. The Bertz CT molecular complexity index is 420. The lowest BCUT2D eigenvalue weighted by molar-refractivity contribution is -0.125. The molecule has 0 fully saturated rings. The molecule has 0 bridgehead atoms. The fourth-order valence-corrected chi connectivity index (χ4v) is 2.28. The Hall–Kier alpha value is -1.36. The molecule has 1 aromatic heterocycles. The second kappa shape index (κ2) is 7.43.